The SMILES string of the molecule is CCCC1CCCCCCC1N(C)CCO. The molecule has 0 aromatic heterocycles. The Balaban J connectivity index is 2.55. The van der Waals surface area contributed by atoms with Crippen molar-refractivity contribution in [3.8, 4) is 0 Å². The fourth-order valence-corrected chi connectivity index (χ4v) is 3.15. The van der Waals surface area contributed by atoms with E-state index in [-0.39, 0.29) is 0 Å². The van der Waals surface area contributed by atoms with E-state index in [0.717, 1.165) is 12.5 Å². The molecule has 2 nitrogen and oxygen atoms in total. The van der Waals surface area contributed by atoms with Crippen LogP contribution in [0, 0.1) is 5.92 Å². The molecule has 1 saturated carbocycles. The molecule has 1 N–H and O–H groups in total. The molecule has 0 aliphatic heterocycles. The van der Waals surface area contributed by atoms with Crippen molar-refractivity contribution in [2.24, 2.45) is 5.92 Å². The number of hydrogen-bond acceptors (Lipinski definition) is 2. The van der Waals surface area contributed by atoms with Gasteiger partial charge in [0.25, 0.3) is 0 Å². The second-order valence-electron chi connectivity index (χ2n) is 5.31. The van der Waals surface area contributed by atoms with Crippen LogP contribution in [0.25, 0.3) is 0 Å². The first kappa shape index (κ1) is 14.0. The van der Waals surface area contributed by atoms with Gasteiger partial charge in [0, 0.05) is 12.6 Å². The Kier molecular flexibility index (Phi) is 7.06. The first-order chi connectivity index (χ1) is 7.79. The molecule has 0 bridgehead atoms. The summed E-state index contributed by atoms with van der Waals surface area (Å²) in [7, 11) is 2.19. The van der Waals surface area contributed by atoms with Crippen molar-refractivity contribution >= 4 is 0 Å². The van der Waals surface area contributed by atoms with Gasteiger partial charge in [-0.2, -0.15) is 0 Å². The lowest BCUT2D eigenvalue weighted by Crippen LogP contribution is -2.40. The topological polar surface area (TPSA) is 23.5 Å². The average molecular weight is 227 g/mol. The molecule has 0 spiro atoms. The third-order valence-corrected chi connectivity index (χ3v) is 4.05. The van der Waals surface area contributed by atoms with E-state index >= 15 is 0 Å². The lowest BCUT2D eigenvalue weighted by molar-refractivity contribution is 0.114. The molecule has 0 aromatic carbocycles. The lowest BCUT2D eigenvalue weighted by Gasteiger charge is -2.36. The molecule has 2 atom stereocenters. The summed E-state index contributed by atoms with van der Waals surface area (Å²) in [6, 6.07) is 0.715. The first-order valence-electron chi connectivity index (χ1n) is 7.10. The first-order valence-corrected chi connectivity index (χ1v) is 7.10. The van der Waals surface area contributed by atoms with Crippen LogP contribution in [0.3, 0.4) is 0 Å². The molecule has 2 heteroatoms. The summed E-state index contributed by atoms with van der Waals surface area (Å²) in [4.78, 5) is 2.39. The zero-order valence-electron chi connectivity index (χ0n) is 11.1. The summed E-state index contributed by atoms with van der Waals surface area (Å²) in [5.41, 5.74) is 0. The number of rotatable bonds is 5. The highest BCUT2D eigenvalue weighted by molar-refractivity contribution is 4.79. The third-order valence-electron chi connectivity index (χ3n) is 4.05. The van der Waals surface area contributed by atoms with E-state index in [1.54, 1.807) is 0 Å². The van der Waals surface area contributed by atoms with Gasteiger partial charge in [0.2, 0.25) is 0 Å². The summed E-state index contributed by atoms with van der Waals surface area (Å²) < 4.78 is 0. The van der Waals surface area contributed by atoms with Gasteiger partial charge in [-0.25, -0.2) is 0 Å². The Hall–Kier alpha value is -0.0800. The van der Waals surface area contributed by atoms with Gasteiger partial charge in [0.05, 0.1) is 6.61 Å². The van der Waals surface area contributed by atoms with Crippen molar-refractivity contribution in [1.82, 2.24) is 4.90 Å². The van der Waals surface area contributed by atoms with E-state index in [1.807, 2.05) is 0 Å². The number of hydrogen-bond donors (Lipinski definition) is 1. The van der Waals surface area contributed by atoms with Crippen LogP contribution in [-0.2, 0) is 0 Å². The number of aliphatic hydroxyl groups excluding tert-OH is 1. The fourth-order valence-electron chi connectivity index (χ4n) is 3.15. The zero-order chi connectivity index (χ0) is 11.8. The Bertz CT molecular complexity index is 172. The minimum absolute atomic E-state index is 0.297. The van der Waals surface area contributed by atoms with Crippen molar-refractivity contribution < 1.29 is 5.11 Å². The number of likely N-dealkylation sites (N-methyl/N-ethyl adjacent to an activating group) is 1. The second kappa shape index (κ2) is 8.08. The maximum atomic E-state index is 9.07. The van der Waals surface area contributed by atoms with Crippen molar-refractivity contribution in [2.75, 3.05) is 20.2 Å². The Labute approximate surface area is 101 Å². The van der Waals surface area contributed by atoms with Crippen molar-refractivity contribution in [2.45, 2.75) is 64.3 Å². The molecule has 2 unspecified atom stereocenters. The molecular formula is C14H29NO. The smallest absolute Gasteiger partial charge is 0.0558 e. The van der Waals surface area contributed by atoms with Crippen LogP contribution in [0.1, 0.15) is 58.3 Å². The van der Waals surface area contributed by atoms with Gasteiger partial charge in [-0.15, -0.1) is 0 Å². The monoisotopic (exact) mass is 227 g/mol. The molecule has 1 aliphatic rings. The van der Waals surface area contributed by atoms with Crippen molar-refractivity contribution in [1.29, 1.82) is 0 Å². The summed E-state index contributed by atoms with van der Waals surface area (Å²) in [6.07, 6.45) is 11.0. The zero-order valence-corrected chi connectivity index (χ0v) is 11.1. The van der Waals surface area contributed by atoms with Crippen molar-refractivity contribution in [3.63, 3.8) is 0 Å². The molecule has 0 radical (unpaired) electrons. The van der Waals surface area contributed by atoms with Crippen LogP contribution in [-0.4, -0.2) is 36.2 Å². The largest absolute Gasteiger partial charge is 0.395 e. The van der Waals surface area contributed by atoms with Gasteiger partial charge < -0.3 is 10.0 Å². The maximum Gasteiger partial charge on any atom is 0.0558 e. The van der Waals surface area contributed by atoms with Crippen LogP contribution in [0.2, 0.25) is 0 Å². The van der Waals surface area contributed by atoms with Gasteiger partial charge in [0.1, 0.15) is 0 Å². The predicted octanol–water partition coefficient (Wildman–Crippen LogP) is 3.05. The molecule has 1 aliphatic carbocycles. The summed E-state index contributed by atoms with van der Waals surface area (Å²) in [6.45, 7) is 3.43. The van der Waals surface area contributed by atoms with E-state index in [4.69, 9.17) is 5.11 Å². The van der Waals surface area contributed by atoms with Crippen molar-refractivity contribution in [3.05, 3.63) is 0 Å². The number of nitrogens with zero attached hydrogens (tertiary/aromatic N) is 1. The molecule has 0 amide bonds. The molecule has 0 heterocycles. The quantitative estimate of drug-likeness (QED) is 0.780. The Morgan fingerprint density at radius 2 is 1.81 bits per heavy atom. The van der Waals surface area contributed by atoms with Gasteiger partial charge in [-0.05, 0) is 32.2 Å². The van der Waals surface area contributed by atoms with E-state index in [2.05, 4.69) is 18.9 Å². The van der Waals surface area contributed by atoms with Crippen LogP contribution < -0.4 is 0 Å². The van der Waals surface area contributed by atoms with E-state index < -0.39 is 0 Å². The van der Waals surface area contributed by atoms with Gasteiger partial charge in [0.15, 0.2) is 0 Å². The van der Waals surface area contributed by atoms with Gasteiger partial charge >= 0.3 is 0 Å². The normalized spacial score (nSPS) is 27.8. The maximum absolute atomic E-state index is 9.07. The summed E-state index contributed by atoms with van der Waals surface area (Å²) >= 11 is 0. The minimum Gasteiger partial charge on any atom is -0.395 e. The molecule has 0 saturated heterocycles. The van der Waals surface area contributed by atoms with Crippen LogP contribution >= 0.6 is 0 Å². The van der Waals surface area contributed by atoms with Crippen LogP contribution in [0.5, 0.6) is 0 Å². The fraction of sp³-hybridized carbons (Fsp3) is 1.00. The predicted molar refractivity (Wildman–Crippen MR) is 69.6 cm³/mol. The summed E-state index contributed by atoms with van der Waals surface area (Å²) in [5.74, 6) is 0.863. The lowest BCUT2D eigenvalue weighted by atomic mass is 9.83. The standard InChI is InChI=1S/C14H29NO/c1-3-8-13-9-6-4-5-7-10-14(13)15(2)11-12-16/h13-14,16H,3-12H2,1-2H3. The molecule has 1 fully saturated rings. The molecule has 0 aromatic rings. The molecule has 96 valence electrons. The third kappa shape index (κ3) is 4.42. The highest BCUT2D eigenvalue weighted by Crippen LogP contribution is 2.29. The van der Waals surface area contributed by atoms with Gasteiger partial charge in [-0.3, -0.25) is 0 Å². The minimum atomic E-state index is 0.297. The van der Waals surface area contributed by atoms with Crippen LogP contribution in [0.15, 0.2) is 0 Å². The highest BCUT2D eigenvalue weighted by Gasteiger charge is 2.24. The van der Waals surface area contributed by atoms with E-state index in [0.29, 0.717) is 12.6 Å². The Morgan fingerprint density at radius 1 is 1.12 bits per heavy atom. The van der Waals surface area contributed by atoms with Crippen LogP contribution in [0.4, 0.5) is 0 Å². The highest BCUT2D eigenvalue weighted by atomic mass is 16.3. The van der Waals surface area contributed by atoms with E-state index in [1.165, 1.54) is 51.4 Å². The van der Waals surface area contributed by atoms with E-state index in [9.17, 15) is 0 Å². The molecular weight excluding hydrogens is 198 g/mol. The average Bonchev–Trinajstić information content (AvgIpc) is 2.22. The second-order valence-corrected chi connectivity index (χ2v) is 5.31. The molecule has 16 heavy (non-hydrogen) atoms. The molecule has 1 rings (SSSR count). The Morgan fingerprint density at radius 3 is 2.44 bits per heavy atom. The summed E-state index contributed by atoms with van der Waals surface area (Å²) in [5, 5.41) is 9.07. The van der Waals surface area contributed by atoms with Gasteiger partial charge in [-0.1, -0.05) is 39.0 Å². The number of aliphatic hydroxyl groups is 1.